The Morgan fingerprint density at radius 2 is 1.41 bits per heavy atom. The molecule has 0 amide bonds. The molecule has 1 aromatic rings. The van der Waals surface area contributed by atoms with Gasteiger partial charge in [0.05, 0.1) is 0 Å². The van der Waals surface area contributed by atoms with Crippen molar-refractivity contribution in [2.45, 2.75) is 67.0 Å². The molecule has 0 aliphatic carbocycles. The highest BCUT2D eigenvalue weighted by molar-refractivity contribution is 5.44. The fraction of sp³-hybridized carbons (Fsp3) is 0.625. The van der Waals surface area contributed by atoms with E-state index in [1.54, 1.807) is 0 Å². The molecule has 0 bridgehead atoms. The van der Waals surface area contributed by atoms with Gasteiger partial charge >= 0.3 is 0 Å². The topological polar surface area (TPSA) is 12.0 Å². The van der Waals surface area contributed by atoms with Crippen molar-refractivity contribution in [3.05, 3.63) is 33.9 Å². The van der Waals surface area contributed by atoms with Crippen LogP contribution in [0.25, 0.3) is 0 Å². The van der Waals surface area contributed by atoms with Crippen molar-refractivity contribution >= 4 is 0 Å². The van der Waals surface area contributed by atoms with Gasteiger partial charge in [-0.3, -0.25) is 0 Å². The second kappa shape index (κ2) is 5.68. The lowest BCUT2D eigenvalue weighted by Gasteiger charge is -2.21. The Bertz CT molecular complexity index is 365. The molecular weight excluding hydrogens is 206 g/mol. The summed E-state index contributed by atoms with van der Waals surface area (Å²) in [5.41, 5.74) is 7.29. The van der Waals surface area contributed by atoms with Crippen LogP contribution in [0.2, 0.25) is 0 Å². The first-order valence-electron chi connectivity index (χ1n) is 6.65. The van der Waals surface area contributed by atoms with Crippen LogP contribution in [0.3, 0.4) is 0 Å². The summed E-state index contributed by atoms with van der Waals surface area (Å²) in [5.74, 6) is 0. The molecule has 0 aromatic heterocycles. The van der Waals surface area contributed by atoms with Crippen molar-refractivity contribution < 1.29 is 0 Å². The zero-order valence-corrected chi connectivity index (χ0v) is 12.4. The van der Waals surface area contributed by atoms with E-state index in [0.29, 0.717) is 12.1 Å². The largest absolute Gasteiger partial charge is 0.312 e. The minimum atomic E-state index is 0.536. The molecule has 96 valence electrons. The average molecular weight is 233 g/mol. The minimum Gasteiger partial charge on any atom is -0.312 e. The lowest BCUT2D eigenvalue weighted by molar-refractivity contribution is 0.486. The quantitative estimate of drug-likeness (QED) is 0.833. The maximum absolute atomic E-state index is 3.58. The summed E-state index contributed by atoms with van der Waals surface area (Å²) < 4.78 is 0. The van der Waals surface area contributed by atoms with Gasteiger partial charge in [0.2, 0.25) is 0 Å². The first kappa shape index (κ1) is 14.2. The van der Waals surface area contributed by atoms with E-state index in [1.807, 2.05) is 0 Å². The minimum absolute atomic E-state index is 0.536. The van der Waals surface area contributed by atoms with Crippen LogP contribution in [-0.4, -0.2) is 12.1 Å². The number of benzene rings is 1. The molecule has 17 heavy (non-hydrogen) atoms. The molecule has 0 aliphatic heterocycles. The summed E-state index contributed by atoms with van der Waals surface area (Å²) in [6, 6.07) is 3.39. The van der Waals surface area contributed by atoms with Crippen molar-refractivity contribution in [1.82, 2.24) is 5.32 Å². The van der Waals surface area contributed by atoms with Gasteiger partial charge in [0.25, 0.3) is 0 Å². The summed E-state index contributed by atoms with van der Waals surface area (Å²) >= 11 is 0. The maximum Gasteiger partial charge on any atom is 0.00817 e. The van der Waals surface area contributed by atoms with Crippen LogP contribution < -0.4 is 5.32 Å². The molecule has 0 heterocycles. The number of rotatable bonds is 4. The van der Waals surface area contributed by atoms with Crippen LogP contribution in [-0.2, 0) is 6.42 Å². The van der Waals surface area contributed by atoms with Crippen molar-refractivity contribution in [3.63, 3.8) is 0 Å². The third-order valence-corrected chi connectivity index (χ3v) is 3.65. The third kappa shape index (κ3) is 3.57. The first-order chi connectivity index (χ1) is 7.82. The number of hydrogen-bond acceptors (Lipinski definition) is 1. The van der Waals surface area contributed by atoms with Gasteiger partial charge in [-0.25, -0.2) is 0 Å². The Balaban J connectivity index is 2.97. The molecule has 0 radical (unpaired) electrons. The van der Waals surface area contributed by atoms with E-state index in [9.17, 15) is 0 Å². The van der Waals surface area contributed by atoms with E-state index < -0.39 is 0 Å². The van der Waals surface area contributed by atoms with Gasteiger partial charge in [-0.15, -0.1) is 0 Å². The Hall–Kier alpha value is -0.820. The van der Waals surface area contributed by atoms with Gasteiger partial charge in [0.1, 0.15) is 0 Å². The van der Waals surface area contributed by atoms with Crippen molar-refractivity contribution in [2.75, 3.05) is 0 Å². The van der Waals surface area contributed by atoms with E-state index in [2.05, 4.69) is 59.8 Å². The number of aryl methyl sites for hydroxylation is 2. The van der Waals surface area contributed by atoms with E-state index in [0.717, 1.165) is 6.42 Å². The third-order valence-electron chi connectivity index (χ3n) is 3.65. The highest BCUT2D eigenvalue weighted by Crippen LogP contribution is 2.22. The van der Waals surface area contributed by atoms with Crippen LogP contribution in [0.4, 0.5) is 0 Å². The van der Waals surface area contributed by atoms with E-state index >= 15 is 0 Å². The van der Waals surface area contributed by atoms with Crippen molar-refractivity contribution in [1.29, 1.82) is 0 Å². The summed E-state index contributed by atoms with van der Waals surface area (Å²) in [5, 5.41) is 3.58. The summed E-state index contributed by atoms with van der Waals surface area (Å²) in [7, 11) is 0. The van der Waals surface area contributed by atoms with Crippen LogP contribution in [0.5, 0.6) is 0 Å². The number of hydrogen-bond donors (Lipinski definition) is 1. The van der Waals surface area contributed by atoms with Gasteiger partial charge in [-0.2, -0.15) is 0 Å². The molecule has 1 aromatic carbocycles. The van der Waals surface area contributed by atoms with Crippen LogP contribution in [0.1, 0.15) is 48.6 Å². The predicted octanol–water partition coefficient (Wildman–Crippen LogP) is 3.85. The molecule has 0 saturated heterocycles. The van der Waals surface area contributed by atoms with Gasteiger partial charge in [-0.1, -0.05) is 19.9 Å². The summed E-state index contributed by atoms with van der Waals surface area (Å²) in [4.78, 5) is 0. The SMILES string of the molecule is Cc1cc(C)c(C)c(CC(C)NC(C)C)c1C. The highest BCUT2D eigenvalue weighted by Gasteiger charge is 2.12. The van der Waals surface area contributed by atoms with E-state index in [1.165, 1.54) is 27.8 Å². The lowest BCUT2D eigenvalue weighted by Crippen LogP contribution is -2.34. The predicted molar refractivity (Wildman–Crippen MR) is 76.8 cm³/mol. The first-order valence-corrected chi connectivity index (χ1v) is 6.65. The molecule has 0 fully saturated rings. The second-order valence-electron chi connectivity index (χ2n) is 5.67. The molecule has 0 spiro atoms. The molecular formula is C16H27N. The van der Waals surface area contributed by atoms with Crippen LogP contribution >= 0.6 is 0 Å². The zero-order valence-electron chi connectivity index (χ0n) is 12.4. The van der Waals surface area contributed by atoms with Crippen molar-refractivity contribution in [2.24, 2.45) is 0 Å². The standard InChI is InChI=1S/C16H27N/c1-10(2)17-13(5)9-16-14(6)11(3)8-12(4)15(16)7/h8,10,13,17H,9H2,1-7H3. The second-order valence-corrected chi connectivity index (χ2v) is 5.67. The van der Waals surface area contributed by atoms with Crippen molar-refractivity contribution in [3.8, 4) is 0 Å². The Morgan fingerprint density at radius 3 is 1.82 bits per heavy atom. The maximum atomic E-state index is 3.58. The summed E-state index contributed by atoms with van der Waals surface area (Å²) in [6.45, 7) is 15.6. The Morgan fingerprint density at radius 1 is 0.941 bits per heavy atom. The van der Waals surface area contributed by atoms with Gasteiger partial charge in [0, 0.05) is 12.1 Å². The van der Waals surface area contributed by atoms with Gasteiger partial charge < -0.3 is 5.32 Å². The molecule has 1 unspecified atom stereocenters. The Labute approximate surface area is 107 Å². The van der Waals surface area contributed by atoms with Crippen LogP contribution in [0.15, 0.2) is 6.07 Å². The molecule has 1 atom stereocenters. The average Bonchev–Trinajstić information content (AvgIpc) is 2.20. The molecule has 0 aliphatic rings. The van der Waals surface area contributed by atoms with Gasteiger partial charge in [0.15, 0.2) is 0 Å². The molecule has 1 rings (SSSR count). The molecule has 1 nitrogen and oxygen atoms in total. The fourth-order valence-corrected chi connectivity index (χ4v) is 2.54. The zero-order chi connectivity index (χ0) is 13.2. The Kier molecular flexibility index (Phi) is 4.76. The highest BCUT2D eigenvalue weighted by atomic mass is 14.9. The van der Waals surface area contributed by atoms with Gasteiger partial charge in [-0.05, 0) is 68.9 Å². The lowest BCUT2D eigenvalue weighted by atomic mass is 9.90. The fourth-order valence-electron chi connectivity index (χ4n) is 2.54. The molecule has 1 heteroatoms. The molecule has 1 N–H and O–H groups in total. The van der Waals surface area contributed by atoms with Crippen LogP contribution in [0, 0.1) is 27.7 Å². The molecule has 0 saturated carbocycles. The van der Waals surface area contributed by atoms with E-state index in [4.69, 9.17) is 0 Å². The normalized spacial score (nSPS) is 13.2. The van der Waals surface area contributed by atoms with E-state index in [-0.39, 0.29) is 0 Å². The smallest absolute Gasteiger partial charge is 0.00817 e. The summed E-state index contributed by atoms with van der Waals surface area (Å²) in [6.07, 6.45) is 1.12. The number of nitrogens with one attached hydrogen (secondary N) is 1. The monoisotopic (exact) mass is 233 g/mol.